The maximum Gasteiger partial charge on any atom is 0.252 e. The van der Waals surface area contributed by atoms with E-state index in [0.29, 0.717) is 16.9 Å². The summed E-state index contributed by atoms with van der Waals surface area (Å²) in [6, 6.07) is 29.6. The Morgan fingerprint density at radius 3 is 2.46 bits per heavy atom. The Balaban J connectivity index is 1.32. The zero-order valence-corrected chi connectivity index (χ0v) is 21.8. The first kappa shape index (κ1) is 24.7. The van der Waals surface area contributed by atoms with Crippen molar-refractivity contribution in [3.63, 3.8) is 0 Å². The highest BCUT2D eigenvalue weighted by Gasteiger charge is 2.24. The number of hydrogen-bond acceptors (Lipinski definition) is 3. The number of carbonyl (C=O) groups is 1. The van der Waals surface area contributed by atoms with Gasteiger partial charge in [-0.15, -0.1) is 0 Å². The lowest BCUT2D eigenvalue weighted by molar-refractivity contribution is 0.0942. The normalized spacial score (nSPS) is 13.9. The van der Waals surface area contributed by atoms with Gasteiger partial charge in [0.05, 0.1) is 13.2 Å². The Morgan fingerprint density at radius 1 is 0.897 bits per heavy atom. The van der Waals surface area contributed by atoms with E-state index >= 15 is 0 Å². The van der Waals surface area contributed by atoms with Crippen LogP contribution in [0.5, 0.6) is 5.75 Å². The molecule has 39 heavy (non-hydrogen) atoms. The Morgan fingerprint density at radius 2 is 1.69 bits per heavy atom. The number of aromatic nitrogens is 1. The van der Waals surface area contributed by atoms with Gasteiger partial charge < -0.3 is 19.9 Å². The molecule has 1 unspecified atom stereocenters. The first-order chi connectivity index (χ1) is 19.1. The molecule has 196 valence electrons. The van der Waals surface area contributed by atoms with Crippen LogP contribution in [0.2, 0.25) is 0 Å². The molecule has 0 saturated carbocycles. The molecule has 2 heterocycles. The minimum Gasteiger partial charge on any atom is -0.496 e. The lowest BCUT2D eigenvalue weighted by atomic mass is 10.00. The minimum absolute atomic E-state index is 0.263. The minimum atomic E-state index is -0.654. The molecule has 5 aromatic rings. The number of rotatable bonds is 7. The summed E-state index contributed by atoms with van der Waals surface area (Å²) in [6.45, 7) is 2.20. The summed E-state index contributed by atoms with van der Waals surface area (Å²) in [5, 5.41) is 4.13. The largest absolute Gasteiger partial charge is 0.496 e. The van der Waals surface area contributed by atoms with Gasteiger partial charge in [0.1, 0.15) is 11.6 Å². The number of benzene rings is 4. The summed E-state index contributed by atoms with van der Waals surface area (Å²) in [6.07, 6.45) is 2.47. The number of methoxy groups -OCH3 is 1. The molecular formula is C33H30FN3O2. The SMILES string of the molecule is COc1ccc(F)cc1C(NC(=O)c1cccc(-c2ccc(N3CCCC3)cc2)c1)c1cc2ccccc2[nH]1. The number of anilines is 1. The topological polar surface area (TPSA) is 57.4 Å². The number of halogens is 1. The molecule has 0 radical (unpaired) electrons. The predicted molar refractivity (Wildman–Crippen MR) is 154 cm³/mol. The molecule has 6 rings (SSSR count). The van der Waals surface area contributed by atoms with Crippen molar-refractivity contribution in [3.8, 4) is 16.9 Å². The molecule has 5 nitrogen and oxygen atoms in total. The average Bonchev–Trinajstić information content (AvgIpc) is 3.67. The van der Waals surface area contributed by atoms with Crippen molar-refractivity contribution in [1.29, 1.82) is 0 Å². The monoisotopic (exact) mass is 519 g/mol. The fraction of sp³-hybridized carbons (Fsp3) is 0.182. The van der Waals surface area contributed by atoms with Crippen LogP contribution in [0.25, 0.3) is 22.0 Å². The van der Waals surface area contributed by atoms with Crippen molar-refractivity contribution < 1.29 is 13.9 Å². The fourth-order valence-corrected chi connectivity index (χ4v) is 5.40. The quantitative estimate of drug-likeness (QED) is 0.241. The molecule has 1 fully saturated rings. The second-order valence-corrected chi connectivity index (χ2v) is 9.93. The number of aromatic amines is 1. The third-order valence-electron chi connectivity index (χ3n) is 7.44. The number of nitrogens with zero attached hydrogens (tertiary/aromatic N) is 1. The highest BCUT2D eigenvalue weighted by Crippen LogP contribution is 2.33. The third-order valence-corrected chi connectivity index (χ3v) is 7.44. The number of carbonyl (C=O) groups excluding carboxylic acids is 1. The van der Waals surface area contributed by atoms with E-state index in [1.54, 1.807) is 19.2 Å². The molecule has 6 heteroatoms. The Hall–Kier alpha value is -4.58. The summed E-state index contributed by atoms with van der Waals surface area (Å²) in [4.78, 5) is 19.4. The van der Waals surface area contributed by atoms with E-state index < -0.39 is 11.9 Å². The van der Waals surface area contributed by atoms with E-state index in [1.807, 2.05) is 48.5 Å². The number of fused-ring (bicyclic) bond motifs is 1. The summed E-state index contributed by atoms with van der Waals surface area (Å²) in [7, 11) is 1.54. The van der Waals surface area contributed by atoms with E-state index in [9.17, 15) is 9.18 Å². The average molecular weight is 520 g/mol. The smallest absolute Gasteiger partial charge is 0.252 e. The Bertz CT molecular complexity index is 1590. The van der Waals surface area contributed by atoms with E-state index in [1.165, 1.54) is 30.7 Å². The zero-order chi connectivity index (χ0) is 26.8. The van der Waals surface area contributed by atoms with Gasteiger partial charge in [0.15, 0.2) is 0 Å². The first-order valence-corrected chi connectivity index (χ1v) is 13.3. The van der Waals surface area contributed by atoms with Crippen LogP contribution in [0.15, 0.2) is 97.1 Å². The molecule has 0 aliphatic carbocycles. The van der Waals surface area contributed by atoms with Crippen LogP contribution >= 0.6 is 0 Å². The van der Waals surface area contributed by atoms with Gasteiger partial charge in [0.25, 0.3) is 5.91 Å². The number of nitrogens with one attached hydrogen (secondary N) is 2. The molecule has 0 bridgehead atoms. The van der Waals surface area contributed by atoms with Gasteiger partial charge >= 0.3 is 0 Å². The molecule has 1 atom stereocenters. The maximum absolute atomic E-state index is 14.4. The van der Waals surface area contributed by atoms with Crippen molar-refractivity contribution in [3.05, 3.63) is 120 Å². The van der Waals surface area contributed by atoms with Crippen LogP contribution in [-0.2, 0) is 0 Å². The fourth-order valence-electron chi connectivity index (χ4n) is 5.40. The van der Waals surface area contributed by atoms with Crippen LogP contribution in [-0.4, -0.2) is 31.1 Å². The van der Waals surface area contributed by atoms with Crippen LogP contribution < -0.4 is 15.0 Å². The predicted octanol–water partition coefficient (Wildman–Crippen LogP) is 7.10. The highest BCUT2D eigenvalue weighted by molar-refractivity contribution is 5.96. The molecule has 4 aromatic carbocycles. The summed E-state index contributed by atoms with van der Waals surface area (Å²) in [5.41, 5.74) is 5.96. The standard InChI is InChI=1S/C33H30FN3O2/c1-39-31-16-13-26(34)21-28(31)32(30-20-24-7-2-3-10-29(24)35-30)36-33(38)25-9-6-8-23(19-25)22-11-14-27(15-12-22)37-17-4-5-18-37/h2-3,6-16,19-21,32,35H,4-5,17-18H2,1H3,(H,36,38). The number of hydrogen-bond donors (Lipinski definition) is 2. The lowest BCUT2D eigenvalue weighted by Gasteiger charge is -2.21. The van der Waals surface area contributed by atoms with Crippen LogP contribution in [0.1, 0.15) is 40.5 Å². The van der Waals surface area contributed by atoms with Gasteiger partial charge in [-0.05, 0) is 84.0 Å². The van der Waals surface area contributed by atoms with Crippen LogP contribution in [0.3, 0.4) is 0 Å². The molecular weight excluding hydrogens is 489 g/mol. The second kappa shape index (κ2) is 10.7. The van der Waals surface area contributed by atoms with Crippen LogP contribution in [0, 0.1) is 5.82 Å². The number of H-pyrrole nitrogens is 1. The van der Waals surface area contributed by atoms with E-state index in [2.05, 4.69) is 39.5 Å². The molecule has 2 N–H and O–H groups in total. The number of ether oxygens (including phenoxy) is 1. The van der Waals surface area contributed by atoms with Gasteiger partial charge in [0.2, 0.25) is 0 Å². The molecule has 1 aromatic heterocycles. The van der Waals surface area contributed by atoms with Crippen molar-refractivity contribution in [2.45, 2.75) is 18.9 Å². The van der Waals surface area contributed by atoms with Gasteiger partial charge in [0, 0.05) is 41.1 Å². The molecule has 0 spiro atoms. The van der Waals surface area contributed by atoms with Gasteiger partial charge in [-0.2, -0.15) is 0 Å². The van der Waals surface area contributed by atoms with Crippen molar-refractivity contribution in [1.82, 2.24) is 10.3 Å². The van der Waals surface area contributed by atoms with Crippen molar-refractivity contribution in [2.75, 3.05) is 25.1 Å². The number of amides is 1. The van der Waals surface area contributed by atoms with Crippen LogP contribution in [0.4, 0.5) is 10.1 Å². The first-order valence-electron chi connectivity index (χ1n) is 13.3. The Labute approximate surface area is 227 Å². The highest BCUT2D eigenvalue weighted by atomic mass is 19.1. The van der Waals surface area contributed by atoms with E-state index in [-0.39, 0.29) is 5.91 Å². The van der Waals surface area contributed by atoms with Crippen molar-refractivity contribution >= 4 is 22.5 Å². The van der Waals surface area contributed by atoms with Gasteiger partial charge in [-0.25, -0.2) is 4.39 Å². The van der Waals surface area contributed by atoms with E-state index in [0.717, 1.165) is 40.8 Å². The molecule has 1 aliphatic rings. The van der Waals surface area contributed by atoms with Gasteiger partial charge in [-0.3, -0.25) is 4.79 Å². The lowest BCUT2D eigenvalue weighted by Crippen LogP contribution is -2.30. The molecule has 1 saturated heterocycles. The maximum atomic E-state index is 14.4. The zero-order valence-electron chi connectivity index (χ0n) is 21.8. The number of para-hydroxylation sites is 1. The van der Waals surface area contributed by atoms with Gasteiger partial charge in [-0.1, -0.05) is 42.5 Å². The van der Waals surface area contributed by atoms with Crippen molar-refractivity contribution in [2.24, 2.45) is 0 Å². The second-order valence-electron chi connectivity index (χ2n) is 9.93. The third kappa shape index (κ3) is 5.10. The molecule has 1 amide bonds. The van der Waals surface area contributed by atoms with E-state index in [4.69, 9.17) is 4.74 Å². The summed E-state index contributed by atoms with van der Waals surface area (Å²) < 4.78 is 20.0. The summed E-state index contributed by atoms with van der Waals surface area (Å²) >= 11 is 0. The summed E-state index contributed by atoms with van der Waals surface area (Å²) in [5.74, 6) is -0.173. The Kier molecular flexibility index (Phi) is 6.76. The molecule has 1 aliphatic heterocycles.